The molecule has 1 N–H and O–H groups in total. The van der Waals surface area contributed by atoms with E-state index in [2.05, 4.69) is 32.0 Å². The molecule has 8 heteroatoms. The van der Waals surface area contributed by atoms with Gasteiger partial charge in [-0.2, -0.15) is 10.2 Å². The predicted octanol–water partition coefficient (Wildman–Crippen LogP) is 3.75. The normalized spacial score (nSPS) is 31.0. The van der Waals surface area contributed by atoms with E-state index in [1.165, 1.54) is 19.3 Å². The largest absolute Gasteiger partial charge is 0.389 e. The molecule has 7 nitrogen and oxygen atoms in total. The third-order valence-electron chi connectivity index (χ3n) is 8.60. The first-order valence-corrected chi connectivity index (χ1v) is 12.2. The van der Waals surface area contributed by atoms with Gasteiger partial charge in [0.15, 0.2) is 0 Å². The number of piperidine rings is 1. The lowest BCUT2D eigenvalue weighted by Gasteiger charge is -2.61. The molecule has 0 amide bonds. The highest BCUT2D eigenvalue weighted by molar-refractivity contribution is 6.34. The highest BCUT2D eigenvalue weighted by Crippen LogP contribution is 2.62. The lowest BCUT2D eigenvalue weighted by atomic mass is 9.50. The number of aromatic nitrogens is 4. The standard InChI is InChI=1S/C24H28ClN5O2/c25-20-7-17-12-27-30(19-13-26-29(14-19)23-9-16(10-23)11-23)21(17)8-22(20)28-4-2-24(31,3-5-28)18-1-6-32-15-18/h7-8,12-14,16,18,31H,1-6,9-11,15H2/t16?,18-,23?/m0/s1. The second-order valence-electron chi connectivity index (χ2n) is 10.4. The molecule has 2 bridgehead atoms. The highest BCUT2D eigenvalue weighted by Gasteiger charge is 2.58. The first-order valence-electron chi connectivity index (χ1n) is 11.8. The Morgan fingerprint density at radius 2 is 1.91 bits per heavy atom. The van der Waals surface area contributed by atoms with E-state index in [-0.39, 0.29) is 11.5 Å². The maximum absolute atomic E-state index is 11.2. The van der Waals surface area contributed by atoms with Crippen LogP contribution in [0, 0.1) is 11.8 Å². The van der Waals surface area contributed by atoms with E-state index in [0.29, 0.717) is 6.61 Å². The van der Waals surface area contributed by atoms with Crippen LogP contribution in [0.2, 0.25) is 5.02 Å². The fourth-order valence-electron chi connectivity index (χ4n) is 6.38. The van der Waals surface area contributed by atoms with Crippen molar-refractivity contribution < 1.29 is 9.84 Å². The highest BCUT2D eigenvalue weighted by atomic mass is 35.5. The monoisotopic (exact) mass is 453 g/mol. The van der Waals surface area contributed by atoms with Crippen LogP contribution in [0.5, 0.6) is 0 Å². The van der Waals surface area contributed by atoms with Gasteiger partial charge in [-0.05, 0) is 56.6 Å². The maximum Gasteiger partial charge on any atom is 0.103 e. The third kappa shape index (κ3) is 2.74. The van der Waals surface area contributed by atoms with Crippen LogP contribution in [0.25, 0.3) is 16.6 Å². The van der Waals surface area contributed by atoms with Gasteiger partial charge in [0.25, 0.3) is 0 Å². The topological polar surface area (TPSA) is 68.3 Å². The van der Waals surface area contributed by atoms with Gasteiger partial charge in [-0.15, -0.1) is 0 Å². The fraction of sp³-hybridized carbons (Fsp3) is 0.583. The Balaban J connectivity index is 1.17. The molecule has 0 spiro atoms. The zero-order valence-corrected chi connectivity index (χ0v) is 18.8. The molecule has 0 unspecified atom stereocenters. The van der Waals surface area contributed by atoms with Crippen LogP contribution in [0.1, 0.15) is 38.5 Å². The number of anilines is 1. The predicted molar refractivity (Wildman–Crippen MR) is 123 cm³/mol. The Kier molecular flexibility index (Phi) is 4.07. The molecule has 4 heterocycles. The van der Waals surface area contributed by atoms with Gasteiger partial charge >= 0.3 is 0 Å². The summed E-state index contributed by atoms with van der Waals surface area (Å²) < 4.78 is 9.66. The molecular weight excluding hydrogens is 426 g/mol. The quantitative estimate of drug-likeness (QED) is 0.651. The molecule has 2 aromatic heterocycles. The number of nitrogens with zero attached hydrogens (tertiary/aromatic N) is 5. The van der Waals surface area contributed by atoms with Crippen molar-refractivity contribution in [2.45, 2.75) is 49.7 Å². The minimum atomic E-state index is -0.624. The van der Waals surface area contributed by atoms with E-state index in [0.717, 1.165) is 72.2 Å². The minimum absolute atomic E-state index is 0.252. The first kappa shape index (κ1) is 19.4. The number of fused-ring (bicyclic) bond motifs is 1. The van der Waals surface area contributed by atoms with Crippen LogP contribution in [0.3, 0.4) is 0 Å². The van der Waals surface area contributed by atoms with E-state index in [9.17, 15) is 5.11 Å². The number of hydrogen-bond donors (Lipinski definition) is 1. The number of benzene rings is 1. The molecule has 3 aromatic rings. The van der Waals surface area contributed by atoms with E-state index in [4.69, 9.17) is 16.3 Å². The molecule has 5 aliphatic rings. The van der Waals surface area contributed by atoms with Crippen molar-refractivity contribution in [3.63, 3.8) is 0 Å². The molecule has 3 aliphatic carbocycles. The summed E-state index contributed by atoms with van der Waals surface area (Å²) in [7, 11) is 0. The van der Waals surface area contributed by atoms with Crippen molar-refractivity contribution in [2.24, 2.45) is 11.8 Å². The van der Waals surface area contributed by atoms with Gasteiger partial charge in [0.05, 0.1) is 52.6 Å². The van der Waals surface area contributed by atoms with Crippen LogP contribution in [0.4, 0.5) is 5.69 Å². The van der Waals surface area contributed by atoms with Crippen LogP contribution in [-0.2, 0) is 10.3 Å². The van der Waals surface area contributed by atoms with Gasteiger partial charge in [0.1, 0.15) is 5.69 Å². The van der Waals surface area contributed by atoms with E-state index in [1.807, 2.05) is 23.1 Å². The average Bonchev–Trinajstić information content (AvgIpc) is 3.46. The summed E-state index contributed by atoms with van der Waals surface area (Å²) in [6.07, 6.45) is 12.2. The number of halogens is 1. The molecule has 5 fully saturated rings. The number of hydrogen-bond acceptors (Lipinski definition) is 5. The Bertz CT molecular complexity index is 1170. The number of rotatable bonds is 4. The van der Waals surface area contributed by atoms with Crippen LogP contribution >= 0.6 is 11.6 Å². The zero-order valence-electron chi connectivity index (χ0n) is 18.1. The summed E-state index contributed by atoms with van der Waals surface area (Å²) in [5.74, 6) is 1.17. The zero-order chi connectivity index (χ0) is 21.5. The molecule has 8 rings (SSSR count). The second-order valence-corrected chi connectivity index (χ2v) is 10.8. The van der Waals surface area contributed by atoms with Gasteiger partial charge < -0.3 is 14.7 Å². The number of ether oxygens (including phenoxy) is 1. The van der Waals surface area contributed by atoms with E-state index in [1.54, 1.807) is 0 Å². The van der Waals surface area contributed by atoms with E-state index >= 15 is 0 Å². The van der Waals surface area contributed by atoms with Crippen molar-refractivity contribution in [3.05, 3.63) is 35.7 Å². The molecule has 2 aliphatic heterocycles. The minimum Gasteiger partial charge on any atom is -0.389 e. The smallest absolute Gasteiger partial charge is 0.103 e. The van der Waals surface area contributed by atoms with Gasteiger partial charge in [0, 0.05) is 31.0 Å². The van der Waals surface area contributed by atoms with E-state index < -0.39 is 5.60 Å². The fourth-order valence-corrected chi connectivity index (χ4v) is 6.67. The van der Waals surface area contributed by atoms with Crippen molar-refractivity contribution >= 4 is 28.2 Å². The molecule has 2 saturated heterocycles. The van der Waals surface area contributed by atoms with Crippen molar-refractivity contribution in [2.75, 3.05) is 31.2 Å². The third-order valence-corrected chi connectivity index (χ3v) is 8.90. The Hall–Kier alpha value is -2.09. The molecular formula is C24H28ClN5O2. The average molecular weight is 454 g/mol. The molecule has 168 valence electrons. The van der Waals surface area contributed by atoms with Gasteiger partial charge in [-0.3, -0.25) is 4.68 Å². The molecule has 3 saturated carbocycles. The summed E-state index contributed by atoms with van der Waals surface area (Å²) in [5, 5.41) is 22.3. The summed E-state index contributed by atoms with van der Waals surface area (Å²) >= 11 is 6.71. The van der Waals surface area contributed by atoms with Gasteiger partial charge in [0.2, 0.25) is 0 Å². The van der Waals surface area contributed by atoms with Crippen molar-refractivity contribution in [1.82, 2.24) is 19.6 Å². The number of aliphatic hydroxyl groups is 1. The summed E-state index contributed by atoms with van der Waals surface area (Å²) in [5.41, 5.74) is 2.69. The molecule has 0 radical (unpaired) electrons. The first-order chi connectivity index (χ1) is 15.5. The van der Waals surface area contributed by atoms with Crippen LogP contribution in [-0.4, -0.2) is 56.6 Å². The summed E-state index contributed by atoms with van der Waals surface area (Å²) in [4.78, 5) is 2.30. The Morgan fingerprint density at radius 1 is 1.09 bits per heavy atom. The lowest BCUT2D eigenvalue weighted by molar-refractivity contribution is -0.0977. The summed E-state index contributed by atoms with van der Waals surface area (Å²) in [6, 6.07) is 4.15. The lowest BCUT2D eigenvalue weighted by Crippen LogP contribution is -2.59. The Morgan fingerprint density at radius 3 is 2.59 bits per heavy atom. The van der Waals surface area contributed by atoms with Gasteiger partial charge in [-0.25, -0.2) is 4.68 Å². The summed E-state index contributed by atoms with van der Waals surface area (Å²) in [6.45, 7) is 3.02. The van der Waals surface area contributed by atoms with Crippen molar-refractivity contribution in [1.29, 1.82) is 0 Å². The van der Waals surface area contributed by atoms with Crippen LogP contribution < -0.4 is 4.90 Å². The molecule has 1 atom stereocenters. The van der Waals surface area contributed by atoms with Crippen LogP contribution in [0.15, 0.2) is 30.7 Å². The molecule has 32 heavy (non-hydrogen) atoms. The SMILES string of the molecule is OC1([C@H]2CCOC2)CCN(c2cc3c(cnn3-c3cnn(C45CC(C4)C5)c3)cc2Cl)CC1. The van der Waals surface area contributed by atoms with Crippen molar-refractivity contribution in [3.8, 4) is 5.69 Å². The Labute approximate surface area is 191 Å². The van der Waals surface area contributed by atoms with Gasteiger partial charge in [-0.1, -0.05) is 11.6 Å². The molecule has 1 aromatic carbocycles. The maximum atomic E-state index is 11.2. The second kappa shape index (κ2) is 6.72.